The van der Waals surface area contributed by atoms with Crippen LogP contribution in [0, 0.1) is 5.92 Å². The molecule has 0 aliphatic heterocycles. The normalized spacial score (nSPS) is 23.6. The molecular formula is C15H16N2O4. The van der Waals surface area contributed by atoms with Crippen LogP contribution in [-0.2, 0) is 19.8 Å². The summed E-state index contributed by atoms with van der Waals surface area (Å²) in [4.78, 5) is 33.5. The van der Waals surface area contributed by atoms with Gasteiger partial charge in [-0.05, 0) is 12.0 Å². The van der Waals surface area contributed by atoms with Crippen LogP contribution in [-0.4, -0.2) is 22.9 Å². The highest BCUT2D eigenvalue weighted by Gasteiger charge is 2.55. The van der Waals surface area contributed by atoms with Gasteiger partial charge in [0, 0.05) is 23.5 Å². The van der Waals surface area contributed by atoms with E-state index in [1.54, 1.807) is 0 Å². The molecule has 0 radical (unpaired) electrons. The molecule has 21 heavy (non-hydrogen) atoms. The number of nitrogens with one attached hydrogen (secondary N) is 2. The Labute approximate surface area is 121 Å². The summed E-state index contributed by atoms with van der Waals surface area (Å²) in [7, 11) is 0. The lowest BCUT2D eigenvalue weighted by Gasteiger charge is -2.12. The maximum atomic E-state index is 12.0. The fraction of sp³-hybridized carbons (Fsp3) is 0.267. The lowest BCUT2D eigenvalue weighted by atomic mass is 9.95. The Morgan fingerprint density at radius 1 is 1.19 bits per heavy atom. The van der Waals surface area contributed by atoms with Gasteiger partial charge in [0.1, 0.15) is 0 Å². The summed E-state index contributed by atoms with van der Waals surface area (Å²) >= 11 is 0. The van der Waals surface area contributed by atoms with E-state index in [0.29, 0.717) is 12.5 Å². The lowest BCUT2D eigenvalue weighted by Crippen LogP contribution is -2.42. The first-order valence-electron chi connectivity index (χ1n) is 6.50. The highest BCUT2D eigenvalue weighted by Crippen LogP contribution is 2.53. The first kappa shape index (κ1) is 14.8. The number of aliphatic carboxylic acids is 1. The number of benzene rings is 1. The molecule has 1 fully saturated rings. The third kappa shape index (κ3) is 3.47. The minimum absolute atomic E-state index is 0.205. The zero-order valence-electron chi connectivity index (χ0n) is 11.5. The molecule has 2 rings (SSSR count). The molecule has 2 atom stereocenters. The number of carbonyl (C=O) groups excluding carboxylic acids is 2. The first-order valence-corrected chi connectivity index (χ1v) is 6.50. The van der Waals surface area contributed by atoms with E-state index in [-0.39, 0.29) is 17.2 Å². The van der Waals surface area contributed by atoms with Gasteiger partial charge >= 0.3 is 5.97 Å². The average Bonchev–Trinajstić information content (AvgIpc) is 3.17. The minimum atomic E-state index is -1.23. The van der Waals surface area contributed by atoms with Crippen LogP contribution in [0.25, 0.3) is 0 Å². The van der Waals surface area contributed by atoms with E-state index in [9.17, 15) is 14.4 Å². The van der Waals surface area contributed by atoms with Crippen LogP contribution in [0.1, 0.15) is 18.9 Å². The van der Waals surface area contributed by atoms with Crippen molar-refractivity contribution in [3.05, 3.63) is 48.0 Å². The van der Waals surface area contributed by atoms with Crippen molar-refractivity contribution in [3.63, 3.8) is 0 Å². The summed E-state index contributed by atoms with van der Waals surface area (Å²) in [6.45, 7) is 2.00. The molecule has 1 aromatic rings. The number of hydrogen-bond acceptors (Lipinski definition) is 3. The van der Waals surface area contributed by atoms with Crippen LogP contribution in [0.3, 0.4) is 0 Å². The van der Waals surface area contributed by atoms with Gasteiger partial charge in [-0.25, -0.2) is 4.79 Å². The second-order valence-electron chi connectivity index (χ2n) is 5.19. The summed E-state index contributed by atoms with van der Waals surface area (Å²) in [6.07, 6.45) is 2.25. The Morgan fingerprint density at radius 3 is 2.48 bits per heavy atom. The molecule has 1 aliphatic carbocycles. The Balaban J connectivity index is 1.86. The molecule has 0 unspecified atom stereocenters. The molecule has 6 nitrogen and oxygen atoms in total. The molecule has 0 bridgehead atoms. The predicted molar refractivity (Wildman–Crippen MR) is 75.0 cm³/mol. The average molecular weight is 288 g/mol. The van der Waals surface area contributed by atoms with Crippen molar-refractivity contribution >= 4 is 17.8 Å². The molecule has 0 spiro atoms. The number of carboxylic acids is 1. The Bertz CT molecular complexity index is 597. The van der Waals surface area contributed by atoms with Gasteiger partial charge < -0.3 is 5.11 Å². The van der Waals surface area contributed by atoms with Crippen LogP contribution in [0.5, 0.6) is 0 Å². The minimum Gasteiger partial charge on any atom is -0.478 e. The maximum absolute atomic E-state index is 12.0. The number of amides is 2. The smallest absolute Gasteiger partial charge is 0.328 e. The number of rotatable bonds is 4. The fourth-order valence-corrected chi connectivity index (χ4v) is 2.28. The fourth-order valence-electron chi connectivity index (χ4n) is 2.28. The maximum Gasteiger partial charge on any atom is 0.328 e. The van der Waals surface area contributed by atoms with Crippen LogP contribution in [0.15, 0.2) is 42.5 Å². The van der Waals surface area contributed by atoms with Crippen molar-refractivity contribution in [2.75, 3.05) is 0 Å². The van der Waals surface area contributed by atoms with Crippen molar-refractivity contribution in [1.29, 1.82) is 0 Å². The first-order chi connectivity index (χ1) is 9.93. The van der Waals surface area contributed by atoms with Gasteiger partial charge in [0.2, 0.25) is 5.91 Å². The Hall–Kier alpha value is -2.63. The molecule has 6 heteroatoms. The third-order valence-corrected chi connectivity index (χ3v) is 3.67. The van der Waals surface area contributed by atoms with Gasteiger partial charge in [-0.1, -0.05) is 37.3 Å². The molecule has 1 aliphatic rings. The van der Waals surface area contributed by atoms with Crippen LogP contribution in [0.4, 0.5) is 0 Å². The van der Waals surface area contributed by atoms with Gasteiger partial charge in [-0.3, -0.25) is 20.4 Å². The van der Waals surface area contributed by atoms with E-state index in [4.69, 9.17) is 5.11 Å². The van der Waals surface area contributed by atoms with Gasteiger partial charge in [0.25, 0.3) is 5.91 Å². The quantitative estimate of drug-likeness (QED) is 0.563. The van der Waals surface area contributed by atoms with Crippen LogP contribution >= 0.6 is 0 Å². The summed E-state index contributed by atoms with van der Waals surface area (Å²) in [5, 5.41) is 8.38. The zero-order chi connectivity index (χ0) is 15.5. The number of hydrogen-bond donors (Lipinski definition) is 3. The van der Waals surface area contributed by atoms with Crippen molar-refractivity contribution in [3.8, 4) is 0 Å². The zero-order valence-corrected chi connectivity index (χ0v) is 11.5. The molecule has 0 heterocycles. The van der Waals surface area contributed by atoms with Crippen molar-refractivity contribution < 1.29 is 19.5 Å². The van der Waals surface area contributed by atoms with E-state index in [1.807, 2.05) is 37.3 Å². The van der Waals surface area contributed by atoms with E-state index in [0.717, 1.165) is 11.6 Å². The van der Waals surface area contributed by atoms with Gasteiger partial charge in [0.15, 0.2) is 0 Å². The van der Waals surface area contributed by atoms with E-state index < -0.39 is 11.9 Å². The highest BCUT2D eigenvalue weighted by molar-refractivity contribution is 5.95. The molecule has 1 saturated carbocycles. The number of carbonyl (C=O) groups is 3. The van der Waals surface area contributed by atoms with E-state index in [2.05, 4.69) is 10.9 Å². The molecular weight excluding hydrogens is 272 g/mol. The predicted octanol–water partition coefficient (Wildman–Crippen LogP) is 0.752. The number of carboxylic acid groups (broad SMARTS) is 1. The van der Waals surface area contributed by atoms with Crippen molar-refractivity contribution in [1.82, 2.24) is 10.9 Å². The van der Waals surface area contributed by atoms with Gasteiger partial charge in [0.05, 0.1) is 0 Å². The van der Waals surface area contributed by atoms with Gasteiger partial charge in [-0.2, -0.15) is 0 Å². The highest BCUT2D eigenvalue weighted by atomic mass is 16.4. The lowest BCUT2D eigenvalue weighted by molar-refractivity contribution is -0.131. The summed E-state index contributed by atoms with van der Waals surface area (Å²) < 4.78 is 0. The second kappa shape index (κ2) is 5.78. The van der Waals surface area contributed by atoms with Crippen LogP contribution < -0.4 is 10.9 Å². The molecule has 0 saturated heterocycles. The molecule has 0 aromatic heterocycles. The number of hydrazine groups is 1. The summed E-state index contributed by atoms with van der Waals surface area (Å²) in [5.74, 6) is -2.40. The monoisotopic (exact) mass is 288 g/mol. The molecule has 110 valence electrons. The summed E-state index contributed by atoms with van der Waals surface area (Å²) in [6, 6.07) is 9.71. The van der Waals surface area contributed by atoms with Crippen LogP contribution in [0.2, 0.25) is 0 Å². The SMILES string of the molecule is C[C@]1(c2ccccc2)C[C@H]1C(=O)NNC(=O)/C=C\C(=O)O. The standard InChI is InChI=1S/C15H16N2O4/c1-15(10-5-3-2-4-6-10)9-11(15)14(21)17-16-12(18)7-8-13(19)20/h2-8,11H,9H2,1H3,(H,16,18)(H,17,21)(H,19,20)/b8-7-/t11-,15+/m0/s1. The van der Waals surface area contributed by atoms with E-state index in [1.165, 1.54) is 0 Å². The van der Waals surface area contributed by atoms with Gasteiger partial charge in [-0.15, -0.1) is 0 Å². The second-order valence-corrected chi connectivity index (χ2v) is 5.19. The molecule has 2 amide bonds. The Morgan fingerprint density at radius 2 is 1.86 bits per heavy atom. The molecule has 3 N–H and O–H groups in total. The Kier molecular flexibility index (Phi) is 4.07. The summed E-state index contributed by atoms with van der Waals surface area (Å²) in [5.41, 5.74) is 5.34. The van der Waals surface area contributed by atoms with Crippen molar-refractivity contribution in [2.24, 2.45) is 5.92 Å². The van der Waals surface area contributed by atoms with Crippen molar-refractivity contribution in [2.45, 2.75) is 18.8 Å². The molecule has 1 aromatic carbocycles. The van der Waals surface area contributed by atoms with E-state index >= 15 is 0 Å². The third-order valence-electron chi connectivity index (χ3n) is 3.67. The largest absolute Gasteiger partial charge is 0.478 e. The topological polar surface area (TPSA) is 95.5 Å².